The van der Waals surface area contributed by atoms with Gasteiger partial charge in [-0.25, -0.2) is 0 Å². The summed E-state index contributed by atoms with van der Waals surface area (Å²) in [5.41, 5.74) is 9.20. The Kier molecular flexibility index (Phi) is 4.05. The van der Waals surface area contributed by atoms with E-state index in [2.05, 4.69) is 137 Å². The average Bonchev–Trinajstić information content (AvgIpc) is 3.52. The van der Waals surface area contributed by atoms with Gasteiger partial charge < -0.3 is 13.9 Å². The van der Waals surface area contributed by atoms with Crippen molar-refractivity contribution in [1.82, 2.24) is 9.13 Å². The van der Waals surface area contributed by atoms with Gasteiger partial charge in [-0.2, -0.15) is 0 Å². The number of hydrogen-bond donors (Lipinski definition) is 0. The molecule has 0 N–H and O–H groups in total. The van der Waals surface area contributed by atoms with Crippen LogP contribution in [0.15, 0.2) is 133 Å². The summed E-state index contributed by atoms with van der Waals surface area (Å²) in [7, 11) is 0. The third kappa shape index (κ3) is 2.76. The van der Waals surface area contributed by atoms with Crippen molar-refractivity contribution in [2.75, 3.05) is 0 Å². The zero-order valence-corrected chi connectivity index (χ0v) is 21.0. The van der Waals surface area contributed by atoms with Crippen LogP contribution in [0.3, 0.4) is 0 Å². The highest BCUT2D eigenvalue weighted by Gasteiger charge is 2.26. The van der Waals surface area contributed by atoms with Crippen molar-refractivity contribution in [2.24, 2.45) is 0 Å². The molecular formula is C36H22N2O. The maximum absolute atomic E-state index is 6.66. The average molecular weight is 499 g/mol. The number of fused-ring (bicyclic) bond motifs is 8. The van der Waals surface area contributed by atoms with Crippen molar-refractivity contribution in [3.8, 4) is 34.0 Å². The van der Waals surface area contributed by atoms with Crippen LogP contribution in [0.5, 0.6) is 11.5 Å². The number of rotatable bonds is 2. The van der Waals surface area contributed by atoms with Gasteiger partial charge in [0.2, 0.25) is 0 Å². The topological polar surface area (TPSA) is 19.1 Å². The van der Waals surface area contributed by atoms with Crippen LogP contribution in [-0.2, 0) is 0 Å². The Hall–Kier alpha value is -5.28. The second-order valence-electron chi connectivity index (χ2n) is 10.2. The fourth-order valence-electron chi connectivity index (χ4n) is 6.44. The van der Waals surface area contributed by atoms with E-state index in [1.54, 1.807) is 0 Å². The van der Waals surface area contributed by atoms with Gasteiger partial charge in [-0.05, 0) is 54.1 Å². The minimum absolute atomic E-state index is 0.877. The van der Waals surface area contributed by atoms with E-state index >= 15 is 0 Å². The Morgan fingerprint density at radius 1 is 0.436 bits per heavy atom. The van der Waals surface area contributed by atoms with Gasteiger partial charge in [0.15, 0.2) is 11.5 Å². The van der Waals surface area contributed by atoms with E-state index < -0.39 is 0 Å². The third-order valence-corrected chi connectivity index (χ3v) is 8.12. The molecule has 0 amide bonds. The van der Waals surface area contributed by atoms with Crippen molar-refractivity contribution < 1.29 is 4.74 Å². The largest absolute Gasteiger partial charge is 0.452 e. The first kappa shape index (κ1) is 20.7. The zero-order chi connectivity index (χ0) is 25.5. The highest BCUT2D eigenvalue weighted by molar-refractivity contribution is 6.14. The number of para-hydroxylation sites is 5. The molecule has 182 valence electrons. The van der Waals surface area contributed by atoms with Crippen LogP contribution in [-0.4, -0.2) is 9.13 Å². The van der Waals surface area contributed by atoms with Crippen molar-refractivity contribution in [3.63, 3.8) is 0 Å². The van der Waals surface area contributed by atoms with E-state index in [1.807, 2.05) is 6.07 Å². The Balaban J connectivity index is 1.26. The molecule has 0 unspecified atom stereocenters. The summed E-state index contributed by atoms with van der Waals surface area (Å²) in [5, 5.41) is 4.99. The Morgan fingerprint density at radius 2 is 1.00 bits per heavy atom. The predicted molar refractivity (Wildman–Crippen MR) is 161 cm³/mol. The molecule has 8 aromatic rings. The van der Waals surface area contributed by atoms with Gasteiger partial charge in [-0.15, -0.1) is 0 Å². The zero-order valence-electron chi connectivity index (χ0n) is 21.0. The molecule has 39 heavy (non-hydrogen) atoms. The second-order valence-corrected chi connectivity index (χ2v) is 10.2. The Labute approximate surface area is 224 Å². The fraction of sp³-hybridized carbons (Fsp3) is 0. The molecule has 1 aliphatic heterocycles. The van der Waals surface area contributed by atoms with E-state index in [0.717, 1.165) is 39.5 Å². The summed E-state index contributed by atoms with van der Waals surface area (Å²) in [6, 6.07) is 47.5. The molecule has 0 radical (unpaired) electrons. The van der Waals surface area contributed by atoms with E-state index in [1.165, 1.54) is 38.1 Å². The van der Waals surface area contributed by atoms with Gasteiger partial charge in [-0.3, -0.25) is 0 Å². The van der Waals surface area contributed by atoms with Crippen LogP contribution >= 0.6 is 0 Å². The van der Waals surface area contributed by atoms with E-state index in [0.29, 0.717) is 0 Å². The molecule has 3 nitrogen and oxygen atoms in total. The molecular weight excluding hydrogens is 476 g/mol. The normalized spacial score (nSPS) is 12.3. The molecule has 6 aromatic carbocycles. The number of aromatic nitrogens is 2. The quantitative estimate of drug-likeness (QED) is 0.232. The molecule has 0 atom stereocenters. The van der Waals surface area contributed by atoms with E-state index in [4.69, 9.17) is 4.74 Å². The highest BCUT2D eigenvalue weighted by Crippen LogP contribution is 2.49. The molecule has 1 aliphatic rings. The molecule has 0 saturated heterocycles. The molecule has 0 spiro atoms. The first-order valence-electron chi connectivity index (χ1n) is 13.3. The second kappa shape index (κ2) is 7.62. The summed E-state index contributed by atoms with van der Waals surface area (Å²) in [6.45, 7) is 0. The summed E-state index contributed by atoms with van der Waals surface area (Å²) in [4.78, 5) is 0. The van der Waals surface area contributed by atoms with Gasteiger partial charge in [-0.1, -0.05) is 84.9 Å². The number of nitrogens with zero attached hydrogens (tertiary/aromatic N) is 2. The maximum Gasteiger partial charge on any atom is 0.160 e. The summed E-state index contributed by atoms with van der Waals surface area (Å²) >= 11 is 0. The first-order chi connectivity index (χ1) is 19.4. The van der Waals surface area contributed by atoms with Gasteiger partial charge in [0.05, 0.1) is 27.8 Å². The highest BCUT2D eigenvalue weighted by atomic mass is 16.5. The lowest BCUT2D eigenvalue weighted by Crippen LogP contribution is -2.05. The van der Waals surface area contributed by atoms with E-state index in [-0.39, 0.29) is 0 Å². The van der Waals surface area contributed by atoms with Gasteiger partial charge in [0, 0.05) is 32.8 Å². The van der Waals surface area contributed by atoms with Crippen LogP contribution in [0.4, 0.5) is 0 Å². The predicted octanol–water partition coefficient (Wildman–Crippen LogP) is 9.65. The van der Waals surface area contributed by atoms with Crippen LogP contribution < -0.4 is 4.74 Å². The molecule has 0 aliphatic carbocycles. The number of hydrogen-bond acceptors (Lipinski definition) is 1. The van der Waals surface area contributed by atoms with Gasteiger partial charge in [0.25, 0.3) is 0 Å². The minimum Gasteiger partial charge on any atom is -0.452 e. The van der Waals surface area contributed by atoms with Gasteiger partial charge in [0.1, 0.15) is 0 Å². The van der Waals surface area contributed by atoms with Crippen LogP contribution in [0.25, 0.3) is 66.1 Å². The minimum atomic E-state index is 0.877. The van der Waals surface area contributed by atoms with Crippen molar-refractivity contribution in [1.29, 1.82) is 0 Å². The summed E-state index contributed by atoms with van der Waals surface area (Å²) < 4.78 is 11.4. The molecule has 0 saturated carbocycles. The van der Waals surface area contributed by atoms with Crippen molar-refractivity contribution >= 4 is 43.6 Å². The lowest BCUT2D eigenvalue weighted by atomic mass is 10.0. The molecule has 3 heteroatoms. The van der Waals surface area contributed by atoms with Crippen LogP contribution in [0.1, 0.15) is 0 Å². The van der Waals surface area contributed by atoms with Crippen LogP contribution in [0.2, 0.25) is 0 Å². The summed E-state index contributed by atoms with van der Waals surface area (Å²) in [5.74, 6) is 1.79. The van der Waals surface area contributed by atoms with Crippen molar-refractivity contribution in [2.45, 2.75) is 0 Å². The number of ether oxygens (including phenoxy) is 1. The molecule has 0 fully saturated rings. The third-order valence-electron chi connectivity index (χ3n) is 8.12. The fourth-order valence-corrected chi connectivity index (χ4v) is 6.44. The standard InChI is InChI=1S/C36H22N2O/c1-4-12-30-26(9-1)27-10-2-5-13-31(27)37(30)24-19-17-23(18-20-24)25-21-22-29-28-11-3-6-14-32(28)38-33-15-7-8-16-34(33)39-36(25)35(29)38/h1-22H. The smallest absolute Gasteiger partial charge is 0.160 e. The van der Waals surface area contributed by atoms with Crippen LogP contribution in [0, 0.1) is 0 Å². The molecule has 9 rings (SSSR count). The molecule has 0 bridgehead atoms. The Morgan fingerprint density at radius 3 is 1.69 bits per heavy atom. The van der Waals surface area contributed by atoms with Gasteiger partial charge >= 0.3 is 0 Å². The Bertz CT molecular complexity index is 2200. The molecule has 3 heterocycles. The SMILES string of the molecule is c1ccc2c(c1)Oc1c(-c3ccc(-n4c5ccccc5c5ccccc54)cc3)ccc3c4ccccc4n-2c13. The lowest BCUT2D eigenvalue weighted by molar-refractivity contribution is 0.478. The van der Waals surface area contributed by atoms with E-state index in [9.17, 15) is 0 Å². The monoisotopic (exact) mass is 498 g/mol. The lowest BCUT2D eigenvalue weighted by Gasteiger charge is -2.23. The molecule has 2 aromatic heterocycles. The first-order valence-corrected chi connectivity index (χ1v) is 13.3. The maximum atomic E-state index is 6.66. The van der Waals surface area contributed by atoms with Crippen molar-refractivity contribution in [3.05, 3.63) is 133 Å². The summed E-state index contributed by atoms with van der Waals surface area (Å²) in [6.07, 6.45) is 0. The number of benzene rings is 6.